The average Bonchev–Trinajstić information content (AvgIpc) is 2.43. The molecule has 0 saturated heterocycles. The number of nitrogens with one attached hydrogen (secondary N) is 2. The highest BCUT2D eigenvalue weighted by atomic mass is 16.4. The highest BCUT2D eigenvalue weighted by Crippen LogP contribution is 2.02. The van der Waals surface area contributed by atoms with Crippen LogP contribution in [0.2, 0.25) is 0 Å². The number of carboxylic acid groups (broad SMARTS) is 2. The Hall–Kier alpha value is -3.63. The molecule has 0 spiro atoms. The molecule has 0 aliphatic heterocycles. The molecule has 0 unspecified atom stereocenters. The zero-order chi connectivity index (χ0) is 16.5. The van der Waals surface area contributed by atoms with Crippen LogP contribution in [-0.4, -0.2) is 48.9 Å². The number of nitrogens with zero attached hydrogens (tertiary/aromatic N) is 3. The number of hydrogen-bond donors (Lipinski definition) is 4. The van der Waals surface area contributed by atoms with Crippen molar-refractivity contribution in [2.24, 2.45) is 0 Å². The van der Waals surface area contributed by atoms with E-state index in [0.29, 0.717) is 12.2 Å². The molecule has 1 rings (SSSR count). The molecule has 11 nitrogen and oxygen atoms in total. The van der Waals surface area contributed by atoms with E-state index in [1.54, 1.807) is 0 Å². The lowest BCUT2D eigenvalue weighted by atomic mass is 10.4. The van der Waals surface area contributed by atoms with E-state index in [1.807, 2.05) is 0 Å². The van der Waals surface area contributed by atoms with E-state index in [1.165, 1.54) is 0 Å². The Balaban J connectivity index is 2.70. The summed E-state index contributed by atoms with van der Waals surface area (Å²) < 4.78 is 0. The first-order valence-electron chi connectivity index (χ1n) is 5.50. The highest BCUT2D eigenvalue weighted by Gasteiger charge is 2.06. The summed E-state index contributed by atoms with van der Waals surface area (Å²) in [7, 11) is 0. The van der Waals surface area contributed by atoms with Crippen molar-refractivity contribution in [3.05, 3.63) is 30.6 Å². The van der Waals surface area contributed by atoms with E-state index >= 15 is 0 Å². The monoisotopic (exact) mass is 307 g/mol. The molecular formula is C11H9N5O6. The van der Waals surface area contributed by atoms with Gasteiger partial charge in [-0.3, -0.25) is 20.2 Å². The van der Waals surface area contributed by atoms with Crippen LogP contribution in [0.15, 0.2) is 30.6 Å². The molecule has 1 heterocycles. The van der Waals surface area contributed by atoms with Crippen LogP contribution < -0.4 is 10.6 Å². The van der Waals surface area contributed by atoms with Crippen molar-refractivity contribution in [3.63, 3.8) is 0 Å². The van der Waals surface area contributed by atoms with E-state index < -0.39 is 23.8 Å². The SMILES string of the molecule is O=C(O)/C=C/C(=O)Nc1ncnc(NC(=O)/C=C/C(=O)O)n1. The van der Waals surface area contributed by atoms with Crippen molar-refractivity contribution in [2.75, 3.05) is 10.6 Å². The Bertz CT molecular complexity index is 615. The summed E-state index contributed by atoms with van der Waals surface area (Å²) in [5.74, 6) is -4.65. The van der Waals surface area contributed by atoms with Crippen LogP contribution in [0.3, 0.4) is 0 Å². The first-order chi connectivity index (χ1) is 10.4. The van der Waals surface area contributed by atoms with Gasteiger partial charge in [0.2, 0.25) is 11.9 Å². The summed E-state index contributed by atoms with van der Waals surface area (Å²) in [4.78, 5) is 53.9. The third-order valence-electron chi connectivity index (χ3n) is 1.80. The van der Waals surface area contributed by atoms with Gasteiger partial charge in [-0.15, -0.1) is 0 Å². The fourth-order valence-electron chi connectivity index (χ4n) is 1.01. The van der Waals surface area contributed by atoms with Crippen LogP contribution >= 0.6 is 0 Å². The third kappa shape index (κ3) is 6.51. The second kappa shape index (κ2) is 7.84. The predicted molar refractivity (Wildman–Crippen MR) is 70.6 cm³/mol. The number of carbonyl (C=O) groups excluding carboxylic acids is 2. The Labute approximate surface area is 122 Å². The Morgan fingerprint density at radius 2 is 1.23 bits per heavy atom. The fraction of sp³-hybridized carbons (Fsp3) is 0. The third-order valence-corrected chi connectivity index (χ3v) is 1.80. The van der Waals surface area contributed by atoms with Gasteiger partial charge in [0.05, 0.1) is 0 Å². The van der Waals surface area contributed by atoms with Crippen molar-refractivity contribution in [2.45, 2.75) is 0 Å². The number of carbonyl (C=O) groups is 4. The smallest absolute Gasteiger partial charge is 0.328 e. The molecule has 114 valence electrons. The molecule has 0 aliphatic carbocycles. The fourth-order valence-corrected chi connectivity index (χ4v) is 1.01. The molecule has 0 bridgehead atoms. The Morgan fingerprint density at radius 1 is 0.818 bits per heavy atom. The molecule has 0 fully saturated rings. The van der Waals surface area contributed by atoms with E-state index in [-0.39, 0.29) is 11.9 Å². The van der Waals surface area contributed by atoms with Crippen LogP contribution in [0.4, 0.5) is 11.9 Å². The van der Waals surface area contributed by atoms with Crippen molar-refractivity contribution in [3.8, 4) is 0 Å². The minimum absolute atomic E-state index is 0.229. The minimum Gasteiger partial charge on any atom is -0.478 e. The van der Waals surface area contributed by atoms with Gasteiger partial charge >= 0.3 is 11.9 Å². The summed E-state index contributed by atoms with van der Waals surface area (Å²) in [6.07, 6.45) is 3.73. The first-order valence-corrected chi connectivity index (χ1v) is 5.50. The maximum absolute atomic E-state index is 11.3. The van der Waals surface area contributed by atoms with E-state index in [4.69, 9.17) is 10.2 Å². The number of aromatic nitrogens is 3. The topological polar surface area (TPSA) is 171 Å². The molecule has 0 atom stereocenters. The van der Waals surface area contributed by atoms with Gasteiger partial charge in [-0.05, 0) is 0 Å². The van der Waals surface area contributed by atoms with Gasteiger partial charge in [-0.1, -0.05) is 0 Å². The predicted octanol–water partition coefficient (Wildman–Crippen LogP) is -0.970. The molecule has 0 aromatic carbocycles. The molecular weight excluding hydrogens is 298 g/mol. The second-order valence-electron chi connectivity index (χ2n) is 3.45. The number of rotatable bonds is 6. The lowest BCUT2D eigenvalue weighted by molar-refractivity contribution is -0.132. The van der Waals surface area contributed by atoms with E-state index in [2.05, 4.69) is 25.6 Å². The normalized spacial score (nSPS) is 10.5. The number of amides is 2. The number of aliphatic carboxylic acids is 2. The largest absolute Gasteiger partial charge is 0.478 e. The maximum atomic E-state index is 11.3. The lowest BCUT2D eigenvalue weighted by Gasteiger charge is -2.02. The van der Waals surface area contributed by atoms with Gasteiger partial charge in [-0.25, -0.2) is 19.6 Å². The average molecular weight is 307 g/mol. The van der Waals surface area contributed by atoms with Gasteiger partial charge in [0, 0.05) is 24.3 Å². The summed E-state index contributed by atoms with van der Waals surface area (Å²) in [5, 5.41) is 21.0. The van der Waals surface area contributed by atoms with E-state index in [9.17, 15) is 19.2 Å². The number of carboxylic acids is 2. The van der Waals surface area contributed by atoms with Crippen molar-refractivity contribution in [1.29, 1.82) is 0 Å². The van der Waals surface area contributed by atoms with Gasteiger partial charge < -0.3 is 10.2 Å². The van der Waals surface area contributed by atoms with Crippen LogP contribution in [0.1, 0.15) is 0 Å². The summed E-state index contributed by atoms with van der Waals surface area (Å²) in [6, 6.07) is 0. The molecule has 0 aliphatic rings. The van der Waals surface area contributed by atoms with Gasteiger partial charge in [0.25, 0.3) is 11.8 Å². The quantitative estimate of drug-likeness (QED) is 0.482. The molecule has 1 aromatic rings. The molecule has 2 amide bonds. The standard InChI is InChI=1S/C11H9N5O6/c17-6(1-3-8(19)20)14-10-12-5-13-11(16-10)15-7(18)2-4-9(21)22/h1-5H,(H,19,20)(H,21,22)(H2,12,13,14,15,16,17,18)/b3-1+,4-2+. The van der Waals surface area contributed by atoms with Crippen LogP contribution in [0.5, 0.6) is 0 Å². The number of anilines is 2. The maximum Gasteiger partial charge on any atom is 0.328 e. The van der Waals surface area contributed by atoms with Gasteiger partial charge in [0.15, 0.2) is 0 Å². The lowest BCUT2D eigenvalue weighted by Crippen LogP contribution is -2.15. The first kappa shape index (κ1) is 16.4. The van der Waals surface area contributed by atoms with Crippen LogP contribution in [-0.2, 0) is 19.2 Å². The van der Waals surface area contributed by atoms with E-state index in [0.717, 1.165) is 18.5 Å². The Morgan fingerprint density at radius 3 is 1.59 bits per heavy atom. The molecule has 0 radical (unpaired) electrons. The molecule has 1 aromatic heterocycles. The van der Waals surface area contributed by atoms with Crippen molar-refractivity contribution < 1.29 is 29.4 Å². The van der Waals surface area contributed by atoms with Crippen molar-refractivity contribution in [1.82, 2.24) is 15.0 Å². The summed E-state index contributed by atoms with van der Waals surface area (Å²) in [6.45, 7) is 0. The molecule has 4 N–H and O–H groups in total. The minimum atomic E-state index is -1.30. The molecule has 11 heteroatoms. The Kier molecular flexibility index (Phi) is 5.85. The van der Waals surface area contributed by atoms with Crippen LogP contribution in [0, 0.1) is 0 Å². The van der Waals surface area contributed by atoms with Crippen LogP contribution in [0.25, 0.3) is 0 Å². The molecule has 0 saturated carbocycles. The zero-order valence-corrected chi connectivity index (χ0v) is 10.8. The zero-order valence-electron chi connectivity index (χ0n) is 10.8. The van der Waals surface area contributed by atoms with Gasteiger partial charge in [0.1, 0.15) is 6.33 Å². The highest BCUT2D eigenvalue weighted by molar-refractivity contribution is 6.02. The second-order valence-corrected chi connectivity index (χ2v) is 3.45. The summed E-state index contributed by atoms with van der Waals surface area (Å²) in [5.41, 5.74) is 0. The summed E-state index contributed by atoms with van der Waals surface area (Å²) >= 11 is 0. The molecule has 22 heavy (non-hydrogen) atoms. The number of hydrogen-bond acceptors (Lipinski definition) is 7. The van der Waals surface area contributed by atoms with Crippen molar-refractivity contribution >= 4 is 35.6 Å². The van der Waals surface area contributed by atoms with Gasteiger partial charge in [-0.2, -0.15) is 4.98 Å².